The van der Waals surface area contributed by atoms with Gasteiger partial charge in [0.1, 0.15) is 13.2 Å². The van der Waals surface area contributed by atoms with E-state index >= 15 is 0 Å². The van der Waals surface area contributed by atoms with Gasteiger partial charge in [-0.2, -0.15) is 0 Å². The minimum absolute atomic E-state index is 0.0625. The molecular weight excluding hydrogens is 817 g/mol. The zero-order valence-electron chi connectivity index (χ0n) is 45.3. The van der Waals surface area contributed by atoms with Crippen molar-refractivity contribution in [3.8, 4) is 0 Å². The van der Waals surface area contributed by atoms with E-state index in [1.165, 1.54) is 225 Å². The van der Waals surface area contributed by atoms with Crippen LogP contribution in [0.1, 0.15) is 336 Å². The van der Waals surface area contributed by atoms with Gasteiger partial charge < -0.3 is 14.2 Å². The Kier molecular flexibility index (Phi) is 51.5. The summed E-state index contributed by atoms with van der Waals surface area (Å²) in [6, 6.07) is 0. The Morgan fingerprint density at radius 1 is 0.288 bits per heavy atom. The second-order valence-electron chi connectivity index (χ2n) is 21.6. The van der Waals surface area contributed by atoms with Gasteiger partial charge in [0.25, 0.3) is 0 Å². The lowest BCUT2D eigenvalue weighted by molar-refractivity contribution is -0.167. The lowest BCUT2D eigenvalue weighted by Crippen LogP contribution is -2.30. The van der Waals surface area contributed by atoms with Gasteiger partial charge in [-0.15, -0.1) is 0 Å². The van der Waals surface area contributed by atoms with Crippen LogP contribution in [0.3, 0.4) is 0 Å². The van der Waals surface area contributed by atoms with Crippen LogP contribution in [0.15, 0.2) is 0 Å². The zero-order chi connectivity index (χ0) is 48.2. The maximum atomic E-state index is 12.9. The maximum Gasteiger partial charge on any atom is 0.306 e. The lowest BCUT2D eigenvalue weighted by atomic mass is 10.0. The van der Waals surface area contributed by atoms with E-state index < -0.39 is 6.10 Å². The molecular formula is C60H116O6. The molecule has 66 heavy (non-hydrogen) atoms. The van der Waals surface area contributed by atoms with Gasteiger partial charge >= 0.3 is 17.9 Å². The number of unbranched alkanes of at least 4 members (excludes halogenated alkanes) is 39. The molecule has 0 heterocycles. The first-order valence-electron chi connectivity index (χ1n) is 29.7. The van der Waals surface area contributed by atoms with E-state index in [1.54, 1.807) is 0 Å². The van der Waals surface area contributed by atoms with Crippen LogP contribution in [0.4, 0.5) is 0 Å². The number of carbonyl (C=O) groups excluding carboxylic acids is 3. The molecule has 0 amide bonds. The molecule has 0 aromatic heterocycles. The van der Waals surface area contributed by atoms with E-state index in [9.17, 15) is 14.4 Å². The fourth-order valence-corrected chi connectivity index (χ4v) is 9.23. The lowest BCUT2D eigenvalue weighted by Gasteiger charge is -2.18. The first kappa shape index (κ1) is 64.4. The molecule has 0 saturated carbocycles. The molecule has 0 aliphatic rings. The summed E-state index contributed by atoms with van der Waals surface area (Å²) in [6.45, 7) is 11.4. The highest BCUT2D eigenvalue weighted by Gasteiger charge is 2.19. The van der Waals surface area contributed by atoms with Crippen LogP contribution in [0.5, 0.6) is 0 Å². The van der Waals surface area contributed by atoms with Crippen LogP contribution >= 0.6 is 0 Å². The Hall–Kier alpha value is -1.59. The average Bonchev–Trinajstić information content (AvgIpc) is 3.29. The minimum atomic E-state index is -0.763. The third-order valence-corrected chi connectivity index (χ3v) is 13.7. The Labute approximate surface area is 412 Å². The van der Waals surface area contributed by atoms with Gasteiger partial charge in [-0.05, 0) is 31.1 Å². The van der Waals surface area contributed by atoms with Crippen LogP contribution < -0.4 is 0 Å². The highest BCUT2D eigenvalue weighted by atomic mass is 16.6. The van der Waals surface area contributed by atoms with Crippen molar-refractivity contribution in [3.63, 3.8) is 0 Å². The molecule has 0 radical (unpaired) electrons. The fraction of sp³-hybridized carbons (Fsp3) is 0.950. The minimum Gasteiger partial charge on any atom is -0.462 e. The molecule has 6 heteroatoms. The van der Waals surface area contributed by atoms with E-state index in [0.29, 0.717) is 19.3 Å². The SMILES string of the molecule is CCCCCCCCCCCCCCCCC(=O)OC[C@@H](COC(=O)CCCCCCCCCCCCC(C)C)OC(=O)CCCCCCCCCCCCCCCCCCCCC(C)C. The number of ether oxygens (including phenoxy) is 3. The zero-order valence-corrected chi connectivity index (χ0v) is 45.3. The monoisotopic (exact) mass is 933 g/mol. The smallest absolute Gasteiger partial charge is 0.306 e. The van der Waals surface area contributed by atoms with Crippen LogP contribution in [0.2, 0.25) is 0 Å². The third-order valence-electron chi connectivity index (χ3n) is 13.7. The summed E-state index contributed by atoms with van der Waals surface area (Å²) in [4.78, 5) is 38.1. The topological polar surface area (TPSA) is 78.9 Å². The number of carbonyl (C=O) groups is 3. The molecule has 0 N–H and O–H groups in total. The van der Waals surface area contributed by atoms with Gasteiger partial charge in [-0.1, -0.05) is 298 Å². The Morgan fingerprint density at radius 2 is 0.500 bits per heavy atom. The first-order chi connectivity index (χ1) is 32.2. The summed E-state index contributed by atoms with van der Waals surface area (Å²) < 4.78 is 16.9. The van der Waals surface area contributed by atoms with Crippen LogP contribution in [-0.4, -0.2) is 37.2 Å². The molecule has 0 aromatic carbocycles. The summed E-state index contributed by atoms with van der Waals surface area (Å²) in [6.07, 6.45) is 56.7. The van der Waals surface area contributed by atoms with Gasteiger partial charge in [0.2, 0.25) is 0 Å². The molecule has 0 fully saturated rings. The van der Waals surface area contributed by atoms with E-state index in [4.69, 9.17) is 14.2 Å². The Balaban J connectivity index is 4.26. The largest absolute Gasteiger partial charge is 0.462 e. The fourth-order valence-electron chi connectivity index (χ4n) is 9.23. The second-order valence-corrected chi connectivity index (χ2v) is 21.6. The molecule has 0 aliphatic heterocycles. The maximum absolute atomic E-state index is 12.9. The van der Waals surface area contributed by atoms with Crippen molar-refractivity contribution in [1.29, 1.82) is 0 Å². The molecule has 0 bridgehead atoms. The van der Waals surface area contributed by atoms with E-state index in [0.717, 1.165) is 69.6 Å². The molecule has 1 atom stereocenters. The molecule has 0 spiro atoms. The Morgan fingerprint density at radius 3 is 0.742 bits per heavy atom. The number of esters is 3. The van der Waals surface area contributed by atoms with Gasteiger partial charge in [0, 0.05) is 19.3 Å². The average molecular weight is 934 g/mol. The summed E-state index contributed by atoms with van der Waals surface area (Å²) in [5.74, 6) is 0.839. The predicted octanol–water partition coefficient (Wildman–Crippen LogP) is 19.7. The number of hydrogen-bond acceptors (Lipinski definition) is 6. The van der Waals surface area contributed by atoms with Crippen molar-refractivity contribution in [2.45, 2.75) is 343 Å². The molecule has 0 rings (SSSR count). The van der Waals surface area contributed by atoms with Crippen LogP contribution in [0, 0.1) is 11.8 Å². The summed E-state index contributed by atoms with van der Waals surface area (Å²) in [5, 5.41) is 0. The summed E-state index contributed by atoms with van der Waals surface area (Å²) >= 11 is 0. The molecule has 0 aliphatic carbocycles. The quantitative estimate of drug-likeness (QED) is 0.0343. The Bertz CT molecular complexity index is 1010. The van der Waals surface area contributed by atoms with Crippen molar-refractivity contribution >= 4 is 17.9 Å². The van der Waals surface area contributed by atoms with Gasteiger partial charge in [0.05, 0.1) is 0 Å². The van der Waals surface area contributed by atoms with E-state index in [1.807, 2.05) is 0 Å². The van der Waals surface area contributed by atoms with Gasteiger partial charge in [-0.25, -0.2) is 0 Å². The van der Waals surface area contributed by atoms with E-state index in [2.05, 4.69) is 34.6 Å². The van der Waals surface area contributed by atoms with Crippen molar-refractivity contribution in [1.82, 2.24) is 0 Å². The van der Waals surface area contributed by atoms with E-state index in [-0.39, 0.29) is 31.1 Å². The first-order valence-corrected chi connectivity index (χ1v) is 29.7. The highest BCUT2D eigenvalue weighted by Crippen LogP contribution is 2.18. The molecule has 0 unspecified atom stereocenters. The van der Waals surface area contributed by atoms with Crippen LogP contribution in [0.25, 0.3) is 0 Å². The van der Waals surface area contributed by atoms with Crippen molar-refractivity contribution in [3.05, 3.63) is 0 Å². The third kappa shape index (κ3) is 53.4. The molecule has 0 aromatic rings. The predicted molar refractivity (Wildman–Crippen MR) is 284 cm³/mol. The van der Waals surface area contributed by atoms with Crippen molar-refractivity contribution < 1.29 is 28.6 Å². The standard InChI is InChI=1S/C60H116O6/c1-6-7-8-9-10-11-12-13-21-24-30-35-40-45-50-58(61)64-53-57(54-65-59(62)51-46-41-36-31-27-26-29-34-39-44-49-56(4)5)66-60(63)52-47-42-37-32-25-22-19-17-15-14-16-18-20-23-28-33-38-43-48-55(2)3/h55-57H,6-54H2,1-5H3/t57-/m0/s1. The van der Waals surface area contributed by atoms with Crippen molar-refractivity contribution in [2.24, 2.45) is 11.8 Å². The van der Waals surface area contributed by atoms with Crippen LogP contribution in [-0.2, 0) is 28.6 Å². The van der Waals surface area contributed by atoms with Gasteiger partial charge in [-0.3, -0.25) is 14.4 Å². The molecule has 0 saturated heterocycles. The summed E-state index contributed by atoms with van der Waals surface area (Å²) in [5.41, 5.74) is 0. The molecule has 392 valence electrons. The van der Waals surface area contributed by atoms with Crippen molar-refractivity contribution in [2.75, 3.05) is 13.2 Å². The normalized spacial score (nSPS) is 12.0. The summed E-state index contributed by atoms with van der Waals surface area (Å²) in [7, 11) is 0. The molecule has 6 nitrogen and oxygen atoms in total. The second kappa shape index (κ2) is 52.8. The highest BCUT2D eigenvalue weighted by molar-refractivity contribution is 5.71. The van der Waals surface area contributed by atoms with Gasteiger partial charge in [0.15, 0.2) is 6.10 Å². The number of hydrogen-bond donors (Lipinski definition) is 0. The number of rotatable bonds is 54.